The maximum absolute atomic E-state index is 5.34. The summed E-state index contributed by atoms with van der Waals surface area (Å²) in [6, 6.07) is 8.19. The van der Waals surface area contributed by atoms with Crippen LogP contribution in [0.3, 0.4) is 0 Å². The Labute approximate surface area is 107 Å². The van der Waals surface area contributed by atoms with Crippen LogP contribution in [0.1, 0.15) is 12.5 Å². The molecule has 0 saturated heterocycles. The highest BCUT2D eigenvalue weighted by atomic mass is 79.9. The van der Waals surface area contributed by atoms with Gasteiger partial charge in [-0.1, -0.05) is 41.1 Å². The average Bonchev–Trinajstić information content (AvgIpc) is 2.29. The molecule has 0 fully saturated rings. The van der Waals surface area contributed by atoms with Crippen molar-refractivity contribution >= 4 is 15.9 Å². The summed E-state index contributed by atoms with van der Waals surface area (Å²) in [7, 11) is 3.87. The summed E-state index contributed by atoms with van der Waals surface area (Å²) in [6.45, 7) is 4.26. The first kappa shape index (κ1) is 13.5. The fraction of sp³-hybridized carbons (Fsp3) is 0.538. The number of alkyl halides is 1. The van der Waals surface area contributed by atoms with Crippen molar-refractivity contribution in [1.82, 2.24) is 4.90 Å². The summed E-state index contributed by atoms with van der Waals surface area (Å²) < 4.78 is 5.34. The minimum Gasteiger partial charge on any atom is -0.496 e. The lowest BCUT2D eigenvalue weighted by atomic mass is 10.1. The molecule has 16 heavy (non-hydrogen) atoms. The molecule has 1 rings (SSSR count). The van der Waals surface area contributed by atoms with Gasteiger partial charge < -0.3 is 9.64 Å². The molecule has 0 aromatic heterocycles. The molecule has 1 aromatic carbocycles. The van der Waals surface area contributed by atoms with Gasteiger partial charge in [-0.3, -0.25) is 0 Å². The number of halogens is 1. The zero-order valence-corrected chi connectivity index (χ0v) is 11.8. The van der Waals surface area contributed by atoms with Gasteiger partial charge in [-0.25, -0.2) is 0 Å². The minimum absolute atomic E-state index is 0.666. The number of methoxy groups -OCH3 is 1. The first-order valence-electron chi connectivity index (χ1n) is 5.53. The van der Waals surface area contributed by atoms with E-state index in [1.807, 2.05) is 12.1 Å². The Morgan fingerprint density at radius 2 is 2.06 bits per heavy atom. The first-order chi connectivity index (χ1) is 7.67. The van der Waals surface area contributed by atoms with Crippen LogP contribution >= 0.6 is 15.9 Å². The smallest absolute Gasteiger partial charge is 0.123 e. The van der Waals surface area contributed by atoms with Crippen LogP contribution in [0.25, 0.3) is 0 Å². The van der Waals surface area contributed by atoms with E-state index in [4.69, 9.17) is 4.74 Å². The number of hydrogen-bond acceptors (Lipinski definition) is 2. The number of ether oxygens (including phenoxy) is 1. The van der Waals surface area contributed by atoms with Crippen LogP contribution in [0, 0.1) is 5.92 Å². The molecule has 90 valence electrons. The molecule has 2 nitrogen and oxygen atoms in total. The highest BCUT2D eigenvalue weighted by Crippen LogP contribution is 2.19. The fourth-order valence-electron chi connectivity index (χ4n) is 1.77. The second-order valence-electron chi connectivity index (χ2n) is 4.27. The second-order valence-corrected chi connectivity index (χ2v) is 4.92. The third-order valence-corrected chi connectivity index (χ3v) is 3.62. The van der Waals surface area contributed by atoms with Crippen LogP contribution < -0.4 is 4.74 Å². The molecule has 1 aromatic rings. The van der Waals surface area contributed by atoms with Crippen LogP contribution in [0.2, 0.25) is 0 Å². The van der Waals surface area contributed by atoms with Crippen LogP contribution in [0.5, 0.6) is 5.75 Å². The van der Waals surface area contributed by atoms with E-state index in [1.165, 1.54) is 5.56 Å². The van der Waals surface area contributed by atoms with Gasteiger partial charge in [0.1, 0.15) is 5.75 Å². The molecule has 0 aliphatic rings. The zero-order chi connectivity index (χ0) is 12.0. The summed E-state index contributed by atoms with van der Waals surface area (Å²) in [5, 5.41) is 1.04. The van der Waals surface area contributed by atoms with Gasteiger partial charge in [0.15, 0.2) is 0 Å². The maximum Gasteiger partial charge on any atom is 0.123 e. The van der Waals surface area contributed by atoms with E-state index in [9.17, 15) is 0 Å². The highest BCUT2D eigenvalue weighted by Gasteiger charge is 2.08. The number of nitrogens with zero attached hydrogens (tertiary/aromatic N) is 1. The number of rotatable bonds is 6. The minimum atomic E-state index is 0.666. The van der Waals surface area contributed by atoms with Crippen molar-refractivity contribution in [2.75, 3.05) is 26.0 Å². The zero-order valence-electron chi connectivity index (χ0n) is 10.2. The fourth-order valence-corrected chi connectivity index (χ4v) is 1.97. The normalized spacial score (nSPS) is 12.8. The molecule has 0 radical (unpaired) electrons. The Morgan fingerprint density at radius 1 is 1.38 bits per heavy atom. The topological polar surface area (TPSA) is 12.5 Å². The molecular weight excluding hydrogens is 266 g/mol. The predicted octanol–water partition coefficient (Wildman–Crippen LogP) is 3.16. The van der Waals surface area contributed by atoms with E-state index in [-0.39, 0.29) is 0 Å². The molecular formula is C13H20BrNO. The Kier molecular flexibility index (Phi) is 5.85. The standard InChI is InChI=1S/C13H20BrNO/c1-11(8-14)9-15(2)10-12-6-4-5-7-13(12)16-3/h4-7,11H,8-10H2,1-3H3. The molecule has 0 aliphatic heterocycles. The third kappa shape index (κ3) is 4.14. The summed E-state index contributed by atoms with van der Waals surface area (Å²) in [6.07, 6.45) is 0. The molecule has 1 unspecified atom stereocenters. The first-order valence-corrected chi connectivity index (χ1v) is 6.66. The van der Waals surface area contributed by atoms with Crippen molar-refractivity contribution in [2.45, 2.75) is 13.5 Å². The SMILES string of the molecule is COc1ccccc1CN(C)CC(C)CBr. The van der Waals surface area contributed by atoms with Gasteiger partial charge >= 0.3 is 0 Å². The number of hydrogen-bond donors (Lipinski definition) is 0. The van der Waals surface area contributed by atoms with Gasteiger partial charge in [-0.15, -0.1) is 0 Å². The monoisotopic (exact) mass is 285 g/mol. The molecule has 0 N–H and O–H groups in total. The molecule has 1 atom stereocenters. The third-order valence-electron chi connectivity index (χ3n) is 2.52. The van der Waals surface area contributed by atoms with E-state index in [2.05, 4.69) is 46.9 Å². The molecule has 0 aliphatic carbocycles. The van der Waals surface area contributed by atoms with Crippen molar-refractivity contribution < 1.29 is 4.74 Å². The summed E-state index contributed by atoms with van der Waals surface area (Å²) in [4.78, 5) is 2.32. The molecule has 0 spiro atoms. The molecule has 0 bridgehead atoms. The van der Waals surface area contributed by atoms with Gasteiger partial charge in [0.05, 0.1) is 7.11 Å². The van der Waals surface area contributed by atoms with Gasteiger partial charge in [0, 0.05) is 24.0 Å². The van der Waals surface area contributed by atoms with Crippen molar-refractivity contribution in [3.05, 3.63) is 29.8 Å². The molecule has 3 heteroatoms. The Balaban J connectivity index is 2.58. The van der Waals surface area contributed by atoms with Crippen molar-refractivity contribution in [3.63, 3.8) is 0 Å². The Morgan fingerprint density at radius 3 is 2.69 bits per heavy atom. The van der Waals surface area contributed by atoms with Crippen LogP contribution in [-0.2, 0) is 6.54 Å². The lowest BCUT2D eigenvalue weighted by molar-refractivity contribution is 0.285. The van der Waals surface area contributed by atoms with E-state index in [0.29, 0.717) is 5.92 Å². The summed E-state index contributed by atoms with van der Waals surface area (Å²) in [5.41, 5.74) is 1.24. The average molecular weight is 286 g/mol. The van der Waals surface area contributed by atoms with E-state index in [1.54, 1.807) is 7.11 Å². The lowest BCUT2D eigenvalue weighted by Gasteiger charge is -2.21. The quantitative estimate of drug-likeness (QED) is 0.745. The Bertz CT molecular complexity index is 317. The van der Waals surface area contributed by atoms with Crippen molar-refractivity contribution in [2.24, 2.45) is 5.92 Å². The maximum atomic E-state index is 5.34. The van der Waals surface area contributed by atoms with Crippen LogP contribution in [-0.4, -0.2) is 30.9 Å². The van der Waals surface area contributed by atoms with Gasteiger partial charge in [0.25, 0.3) is 0 Å². The van der Waals surface area contributed by atoms with Crippen LogP contribution in [0.4, 0.5) is 0 Å². The van der Waals surface area contributed by atoms with E-state index in [0.717, 1.165) is 24.2 Å². The molecule has 0 saturated carbocycles. The second kappa shape index (κ2) is 6.92. The largest absolute Gasteiger partial charge is 0.496 e. The number of para-hydroxylation sites is 1. The summed E-state index contributed by atoms with van der Waals surface area (Å²) >= 11 is 3.51. The van der Waals surface area contributed by atoms with E-state index >= 15 is 0 Å². The van der Waals surface area contributed by atoms with Crippen LogP contribution in [0.15, 0.2) is 24.3 Å². The van der Waals surface area contributed by atoms with Gasteiger partial charge in [-0.05, 0) is 19.0 Å². The highest BCUT2D eigenvalue weighted by molar-refractivity contribution is 9.09. The van der Waals surface area contributed by atoms with Crippen molar-refractivity contribution in [1.29, 1.82) is 0 Å². The Hall–Kier alpha value is -0.540. The molecule has 0 heterocycles. The summed E-state index contributed by atoms with van der Waals surface area (Å²) in [5.74, 6) is 1.64. The lowest BCUT2D eigenvalue weighted by Crippen LogP contribution is -2.24. The van der Waals surface area contributed by atoms with Gasteiger partial charge in [-0.2, -0.15) is 0 Å². The van der Waals surface area contributed by atoms with Gasteiger partial charge in [0.2, 0.25) is 0 Å². The van der Waals surface area contributed by atoms with Crippen molar-refractivity contribution in [3.8, 4) is 5.75 Å². The predicted molar refractivity (Wildman–Crippen MR) is 72.3 cm³/mol. The number of benzene rings is 1. The van der Waals surface area contributed by atoms with E-state index < -0.39 is 0 Å². The molecule has 0 amide bonds.